The van der Waals surface area contributed by atoms with Gasteiger partial charge in [-0.15, -0.1) is 0 Å². The fourth-order valence-electron chi connectivity index (χ4n) is 1.65. The lowest BCUT2D eigenvalue weighted by atomic mass is 10.2. The Morgan fingerprint density at radius 3 is 2.71 bits per heavy atom. The van der Waals surface area contributed by atoms with Crippen LogP contribution in [0.4, 0.5) is 0 Å². The number of ketones is 1. The maximum absolute atomic E-state index is 11.3. The van der Waals surface area contributed by atoms with Crippen molar-refractivity contribution in [3.63, 3.8) is 0 Å². The molecule has 0 radical (unpaired) electrons. The molecule has 86 valence electrons. The standard InChI is InChI=1S/C14H13ClNO/c1-11(17)12-6-4-8-16(9-12)10-13-5-2-3-7-14(13)15/h2-9H,10H2,1H3/q+1. The second-order valence-electron chi connectivity index (χ2n) is 3.91. The van der Waals surface area contributed by atoms with Crippen LogP contribution in [0, 0.1) is 0 Å². The monoisotopic (exact) mass is 246 g/mol. The number of aromatic nitrogens is 1. The summed E-state index contributed by atoms with van der Waals surface area (Å²) in [6, 6.07) is 11.4. The Morgan fingerprint density at radius 2 is 2.00 bits per heavy atom. The zero-order valence-electron chi connectivity index (χ0n) is 9.56. The predicted octanol–water partition coefficient (Wildman–Crippen LogP) is 2.88. The average molecular weight is 247 g/mol. The number of benzene rings is 1. The van der Waals surface area contributed by atoms with Crippen LogP contribution in [0.2, 0.25) is 5.02 Å². The first-order valence-electron chi connectivity index (χ1n) is 5.40. The molecule has 0 aliphatic heterocycles. The SMILES string of the molecule is CC(=O)c1ccc[n+](Cc2ccccc2Cl)c1. The number of nitrogens with zero attached hydrogens (tertiary/aromatic N) is 1. The minimum absolute atomic E-state index is 0.0681. The summed E-state index contributed by atoms with van der Waals surface area (Å²) in [4.78, 5) is 11.3. The first kappa shape index (κ1) is 11.8. The number of halogens is 1. The van der Waals surface area contributed by atoms with Crippen LogP contribution in [0.3, 0.4) is 0 Å². The highest BCUT2D eigenvalue weighted by Crippen LogP contribution is 2.14. The third-order valence-electron chi connectivity index (χ3n) is 2.58. The van der Waals surface area contributed by atoms with Crippen molar-refractivity contribution >= 4 is 17.4 Å². The van der Waals surface area contributed by atoms with E-state index in [1.165, 1.54) is 0 Å². The molecule has 1 aromatic carbocycles. The number of Topliss-reactive ketones (excluding diaryl/α,β-unsaturated/α-hetero) is 1. The molecule has 0 aliphatic carbocycles. The summed E-state index contributed by atoms with van der Waals surface area (Å²) < 4.78 is 1.96. The van der Waals surface area contributed by atoms with Crippen LogP contribution in [0.15, 0.2) is 48.8 Å². The maximum atomic E-state index is 11.3. The van der Waals surface area contributed by atoms with Crippen molar-refractivity contribution in [3.8, 4) is 0 Å². The number of rotatable bonds is 3. The van der Waals surface area contributed by atoms with Crippen molar-refractivity contribution in [1.82, 2.24) is 0 Å². The molecule has 1 heterocycles. The Morgan fingerprint density at radius 1 is 1.24 bits per heavy atom. The van der Waals surface area contributed by atoms with Crippen LogP contribution >= 0.6 is 11.6 Å². The van der Waals surface area contributed by atoms with Crippen molar-refractivity contribution in [2.75, 3.05) is 0 Å². The Kier molecular flexibility index (Phi) is 3.55. The Hall–Kier alpha value is -1.67. The molecular weight excluding hydrogens is 234 g/mol. The van der Waals surface area contributed by atoms with Crippen LogP contribution in [0.25, 0.3) is 0 Å². The van der Waals surface area contributed by atoms with E-state index in [1.54, 1.807) is 6.92 Å². The maximum Gasteiger partial charge on any atom is 0.179 e. The second-order valence-corrected chi connectivity index (χ2v) is 4.32. The quantitative estimate of drug-likeness (QED) is 0.603. The third kappa shape index (κ3) is 2.92. The summed E-state index contributed by atoms with van der Waals surface area (Å²) in [6.07, 6.45) is 3.77. The van der Waals surface area contributed by atoms with Gasteiger partial charge in [-0.25, -0.2) is 4.57 Å². The molecule has 0 unspecified atom stereocenters. The Labute approximate surface area is 105 Å². The summed E-state index contributed by atoms with van der Waals surface area (Å²) in [5.41, 5.74) is 1.75. The van der Waals surface area contributed by atoms with E-state index in [1.807, 2.05) is 53.4 Å². The number of carbonyl (C=O) groups excluding carboxylic acids is 1. The van der Waals surface area contributed by atoms with Crippen molar-refractivity contribution in [2.45, 2.75) is 13.5 Å². The van der Waals surface area contributed by atoms with Crippen LogP contribution in [0.1, 0.15) is 22.8 Å². The van der Waals surface area contributed by atoms with E-state index in [0.717, 1.165) is 10.6 Å². The van der Waals surface area contributed by atoms with Crippen LogP contribution in [0.5, 0.6) is 0 Å². The van der Waals surface area contributed by atoms with Gasteiger partial charge in [-0.1, -0.05) is 29.8 Å². The molecule has 0 fully saturated rings. The molecular formula is C14H13ClNO+. The Bertz CT molecular complexity index is 551. The summed E-state index contributed by atoms with van der Waals surface area (Å²) in [5.74, 6) is 0.0681. The minimum Gasteiger partial charge on any atom is -0.294 e. The molecule has 0 saturated heterocycles. The van der Waals surface area contributed by atoms with E-state index in [2.05, 4.69) is 0 Å². The normalized spacial score (nSPS) is 10.2. The van der Waals surface area contributed by atoms with Gasteiger partial charge in [0.25, 0.3) is 0 Å². The topological polar surface area (TPSA) is 20.9 Å². The van der Waals surface area contributed by atoms with Crippen LogP contribution in [-0.2, 0) is 6.54 Å². The Balaban J connectivity index is 2.28. The smallest absolute Gasteiger partial charge is 0.179 e. The highest BCUT2D eigenvalue weighted by molar-refractivity contribution is 6.31. The largest absolute Gasteiger partial charge is 0.294 e. The van der Waals surface area contributed by atoms with Gasteiger partial charge in [0.05, 0.1) is 10.6 Å². The van der Waals surface area contributed by atoms with Gasteiger partial charge in [0.15, 0.2) is 24.7 Å². The van der Waals surface area contributed by atoms with Gasteiger partial charge in [0.1, 0.15) is 0 Å². The molecule has 0 saturated carbocycles. The molecule has 0 aliphatic rings. The number of carbonyl (C=O) groups is 1. The van der Waals surface area contributed by atoms with E-state index in [9.17, 15) is 4.79 Å². The van der Waals surface area contributed by atoms with Crippen molar-refractivity contribution in [3.05, 3.63) is 64.9 Å². The molecule has 2 rings (SSSR count). The number of pyridine rings is 1. The zero-order chi connectivity index (χ0) is 12.3. The van der Waals surface area contributed by atoms with Crippen molar-refractivity contribution < 1.29 is 9.36 Å². The van der Waals surface area contributed by atoms with Gasteiger partial charge in [-0.3, -0.25) is 4.79 Å². The fourth-order valence-corrected chi connectivity index (χ4v) is 1.85. The predicted molar refractivity (Wildman–Crippen MR) is 67.2 cm³/mol. The van der Waals surface area contributed by atoms with Gasteiger partial charge in [-0.05, 0) is 19.1 Å². The number of hydrogen-bond donors (Lipinski definition) is 0. The molecule has 17 heavy (non-hydrogen) atoms. The second kappa shape index (κ2) is 5.11. The van der Waals surface area contributed by atoms with Gasteiger partial charge in [0, 0.05) is 11.6 Å². The minimum atomic E-state index is 0.0681. The zero-order valence-corrected chi connectivity index (χ0v) is 10.3. The molecule has 2 aromatic rings. The summed E-state index contributed by atoms with van der Waals surface area (Å²) in [5, 5.41) is 0.744. The lowest BCUT2D eigenvalue weighted by Gasteiger charge is -2.01. The lowest BCUT2D eigenvalue weighted by Crippen LogP contribution is -2.34. The van der Waals surface area contributed by atoms with Gasteiger partial charge < -0.3 is 0 Å². The van der Waals surface area contributed by atoms with Crippen molar-refractivity contribution in [1.29, 1.82) is 0 Å². The highest BCUT2D eigenvalue weighted by Gasteiger charge is 2.09. The van der Waals surface area contributed by atoms with E-state index < -0.39 is 0 Å². The summed E-state index contributed by atoms with van der Waals surface area (Å²) >= 11 is 6.10. The van der Waals surface area contributed by atoms with Gasteiger partial charge >= 0.3 is 0 Å². The van der Waals surface area contributed by atoms with Gasteiger partial charge in [0.2, 0.25) is 0 Å². The van der Waals surface area contributed by atoms with E-state index in [0.29, 0.717) is 12.1 Å². The van der Waals surface area contributed by atoms with Crippen LogP contribution in [-0.4, -0.2) is 5.78 Å². The molecule has 0 atom stereocenters. The van der Waals surface area contributed by atoms with Crippen LogP contribution < -0.4 is 4.57 Å². The average Bonchev–Trinajstić information content (AvgIpc) is 2.32. The molecule has 0 spiro atoms. The van der Waals surface area contributed by atoms with E-state index in [-0.39, 0.29) is 5.78 Å². The highest BCUT2D eigenvalue weighted by atomic mass is 35.5. The molecule has 0 N–H and O–H groups in total. The molecule has 2 nitrogen and oxygen atoms in total. The molecule has 0 amide bonds. The summed E-state index contributed by atoms with van der Waals surface area (Å²) in [7, 11) is 0. The fraction of sp³-hybridized carbons (Fsp3) is 0.143. The first-order chi connectivity index (χ1) is 8.16. The van der Waals surface area contributed by atoms with Gasteiger partial charge in [-0.2, -0.15) is 0 Å². The van der Waals surface area contributed by atoms with E-state index >= 15 is 0 Å². The van der Waals surface area contributed by atoms with E-state index in [4.69, 9.17) is 11.6 Å². The lowest BCUT2D eigenvalue weighted by molar-refractivity contribution is -0.688. The van der Waals surface area contributed by atoms with Crippen molar-refractivity contribution in [2.24, 2.45) is 0 Å². The molecule has 3 heteroatoms. The third-order valence-corrected chi connectivity index (χ3v) is 2.94. The summed E-state index contributed by atoms with van der Waals surface area (Å²) in [6.45, 7) is 2.23. The molecule has 0 bridgehead atoms. The molecule has 1 aromatic heterocycles. The number of hydrogen-bond acceptors (Lipinski definition) is 1. The first-order valence-corrected chi connectivity index (χ1v) is 5.78.